The van der Waals surface area contributed by atoms with Gasteiger partial charge in [0.25, 0.3) is 0 Å². The molecule has 2 heterocycles. The highest BCUT2D eigenvalue weighted by Gasteiger charge is 2.16. The fourth-order valence-corrected chi connectivity index (χ4v) is 3.37. The van der Waals surface area contributed by atoms with E-state index in [2.05, 4.69) is 11.0 Å². The van der Waals surface area contributed by atoms with E-state index in [4.69, 9.17) is 21.3 Å². The van der Waals surface area contributed by atoms with Gasteiger partial charge in [-0.3, -0.25) is 4.79 Å². The summed E-state index contributed by atoms with van der Waals surface area (Å²) >= 11 is 5.99. The molecule has 0 bridgehead atoms. The summed E-state index contributed by atoms with van der Waals surface area (Å²) in [6.07, 6.45) is 3.43. The van der Waals surface area contributed by atoms with Crippen molar-refractivity contribution in [2.45, 2.75) is 0 Å². The van der Waals surface area contributed by atoms with Crippen LogP contribution in [0.1, 0.15) is 15.9 Å². The largest absolute Gasteiger partial charge is 0.378 e. The molecule has 0 radical (unpaired) electrons. The summed E-state index contributed by atoms with van der Waals surface area (Å²) in [6, 6.07) is 17.1. The summed E-state index contributed by atoms with van der Waals surface area (Å²) in [4.78, 5) is 19.6. The van der Waals surface area contributed by atoms with Crippen molar-refractivity contribution in [2.24, 2.45) is 0 Å². The van der Waals surface area contributed by atoms with E-state index in [1.165, 1.54) is 0 Å². The lowest BCUT2D eigenvalue weighted by Crippen LogP contribution is -2.37. The van der Waals surface area contributed by atoms with Crippen molar-refractivity contribution in [2.75, 3.05) is 31.2 Å². The average molecular weight is 379 g/mol. The van der Waals surface area contributed by atoms with E-state index in [0.29, 0.717) is 23.8 Å². The van der Waals surface area contributed by atoms with Gasteiger partial charge < -0.3 is 9.64 Å². The number of morpholine rings is 1. The lowest BCUT2D eigenvalue weighted by Gasteiger charge is -2.29. The van der Waals surface area contributed by atoms with Gasteiger partial charge in [0, 0.05) is 34.6 Å². The zero-order valence-corrected chi connectivity index (χ0v) is 15.5. The van der Waals surface area contributed by atoms with Crippen LogP contribution in [0, 0.1) is 0 Å². The number of fused-ring (bicyclic) bond motifs is 1. The molecule has 5 heteroatoms. The summed E-state index contributed by atoms with van der Waals surface area (Å²) in [5.74, 6) is 0.797. The quantitative estimate of drug-likeness (QED) is 0.490. The molecule has 4 nitrogen and oxygen atoms in total. The first-order valence-corrected chi connectivity index (χ1v) is 9.29. The highest BCUT2D eigenvalue weighted by Crippen LogP contribution is 2.26. The van der Waals surface area contributed by atoms with Gasteiger partial charge in [0.1, 0.15) is 5.82 Å². The molecule has 0 aliphatic carbocycles. The molecule has 0 spiro atoms. The van der Waals surface area contributed by atoms with Crippen LogP contribution in [0.4, 0.5) is 5.82 Å². The Morgan fingerprint density at radius 2 is 1.89 bits per heavy atom. The van der Waals surface area contributed by atoms with Crippen LogP contribution in [0.5, 0.6) is 0 Å². The summed E-state index contributed by atoms with van der Waals surface area (Å²) < 4.78 is 5.46. The maximum atomic E-state index is 12.5. The minimum Gasteiger partial charge on any atom is -0.378 e. The van der Waals surface area contributed by atoms with Crippen molar-refractivity contribution in [3.8, 4) is 0 Å². The number of pyridine rings is 1. The molecule has 0 saturated carbocycles. The third kappa shape index (κ3) is 4.02. The van der Waals surface area contributed by atoms with Crippen molar-refractivity contribution in [3.05, 3.63) is 76.8 Å². The summed E-state index contributed by atoms with van der Waals surface area (Å²) in [7, 11) is 0. The van der Waals surface area contributed by atoms with Gasteiger partial charge in [-0.1, -0.05) is 41.9 Å². The zero-order valence-electron chi connectivity index (χ0n) is 14.8. The SMILES string of the molecule is O=C(C=Cc1cc2ccccc2nc1N1CCOCC1)c1cccc(Cl)c1. The molecule has 0 unspecified atom stereocenters. The number of para-hydroxylation sites is 1. The lowest BCUT2D eigenvalue weighted by atomic mass is 10.1. The molecular weight excluding hydrogens is 360 g/mol. The van der Waals surface area contributed by atoms with Gasteiger partial charge in [0.15, 0.2) is 5.78 Å². The number of aromatic nitrogens is 1. The first kappa shape index (κ1) is 17.7. The Bertz CT molecular complexity index is 1010. The fraction of sp³-hybridized carbons (Fsp3) is 0.182. The van der Waals surface area contributed by atoms with Crippen molar-refractivity contribution in [3.63, 3.8) is 0 Å². The van der Waals surface area contributed by atoms with Gasteiger partial charge in [-0.2, -0.15) is 0 Å². The van der Waals surface area contributed by atoms with Crippen molar-refractivity contribution < 1.29 is 9.53 Å². The van der Waals surface area contributed by atoms with Gasteiger partial charge in [-0.25, -0.2) is 4.98 Å². The second-order valence-corrected chi connectivity index (χ2v) is 6.84. The van der Waals surface area contributed by atoms with E-state index in [1.807, 2.05) is 30.3 Å². The first-order chi connectivity index (χ1) is 13.2. The number of ketones is 1. The predicted molar refractivity (Wildman–Crippen MR) is 110 cm³/mol. The number of anilines is 1. The van der Waals surface area contributed by atoms with E-state index < -0.39 is 0 Å². The maximum Gasteiger partial charge on any atom is 0.185 e. The Hall–Kier alpha value is -2.69. The maximum absolute atomic E-state index is 12.5. The van der Waals surface area contributed by atoms with E-state index in [1.54, 1.807) is 30.3 Å². The monoisotopic (exact) mass is 378 g/mol. The predicted octanol–water partition coefficient (Wildman–Crippen LogP) is 4.62. The highest BCUT2D eigenvalue weighted by molar-refractivity contribution is 6.31. The minimum absolute atomic E-state index is 0.0846. The van der Waals surface area contributed by atoms with E-state index in [0.717, 1.165) is 35.4 Å². The van der Waals surface area contributed by atoms with Gasteiger partial charge in [0.2, 0.25) is 0 Å². The Balaban J connectivity index is 1.71. The van der Waals surface area contributed by atoms with Crippen LogP contribution in [0.3, 0.4) is 0 Å². The Kier molecular flexibility index (Phi) is 5.19. The number of halogens is 1. The molecule has 136 valence electrons. The molecular formula is C22H19ClN2O2. The third-order valence-corrected chi connectivity index (χ3v) is 4.80. The molecule has 27 heavy (non-hydrogen) atoms. The minimum atomic E-state index is -0.0846. The number of nitrogens with zero attached hydrogens (tertiary/aromatic N) is 2. The van der Waals surface area contributed by atoms with Gasteiger partial charge in [0.05, 0.1) is 18.7 Å². The van der Waals surface area contributed by atoms with Crippen LogP contribution in [0.25, 0.3) is 17.0 Å². The number of benzene rings is 2. The molecule has 1 saturated heterocycles. The standard InChI is InChI=1S/C22H19ClN2O2/c23-19-6-3-5-17(15-19)21(26)9-8-18-14-16-4-1-2-7-20(16)24-22(18)25-10-12-27-13-11-25/h1-9,14-15H,10-13H2. The van der Waals surface area contributed by atoms with Crippen molar-refractivity contribution in [1.82, 2.24) is 4.98 Å². The van der Waals surface area contributed by atoms with E-state index >= 15 is 0 Å². The van der Waals surface area contributed by atoms with Gasteiger partial charge in [-0.15, -0.1) is 0 Å². The fourth-order valence-electron chi connectivity index (χ4n) is 3.18. The summed E-state index contributed by atoms with van der Waals surface area (Å²) in [5.41, 5.74) is 2.43. The number of hydrogen-bond donors (Lipinski definition) is 0. The zero-order chi connectivity index (χ0) is 18.6. The van der Waals surface area contributed by atoms with Crippen LogP contribution in [0.15, 0.2) is 60.7 Å². The molecule has 1 aliphatic heterocycles. The van der Waals surface area contributed by atoms with Gasteiger partial charge >= 0.3 is 0 Å². The van der Waals surface area contributed by atoms with Gasteiger partial charge in [-0.05, 0) is 36.4 Å². The Morgan fingerprint density at radius 1 is 1.07 bits per heavy atom. The normalized spacial score (nSPS) is 14.8. The van der Waals surface area contributed by atoms with Crippen LogP contribution in [0.2, 0.25) is 5.02 Å². The van der Waals surface area contributed by atoms with Crippen LogP contribution >= 0.6 is 11.6 Å². The number of ether oxygens (including phenoxy) is 1. The molecule has 0 atom stereocenters. The second-order valence-electron chi connectivity index (χ2n) is 6.40. The number of carbonyl (C=O) groups is 1. The molecule has 0 N–H and O–H groups in total. The topological polar surface area (TPSA) is 42.4 Å². The Labute approximate surface area is 163 Å². The number of rotatable bonds is 4. The first-order valence-electron chi connectivity index (χ1n) is 8.91. The third-order valence-electron chi connectivity index (χ3n) is 4.57. The van der Waals surface area contributed by atoms with Crippen LogP contribution in [-0.4, -0.2) is 37.1 Å². The van der Waals surface area contributed by atoms with Crippen LogP contribution in [-0.2, 0) is 4.74 Å². The summed E-state index contributed by atoms with van der Waals surface area (Å²) in [6.45, 7) is 2.93. The molecule has 3 aromatic rings. The Morgan fingerprint density at radius 3 is 2.70 bits per heavy atom. The molecule has 1 aromatic heterocycles. The van der Waals surface area contributed by atoms with Crippen LogP contribution < -0.4 is 4.90 Å². The average Bonchev–Trinajstić information content (AvgIpc) is 2.72. The van der Waals surface area contributed by atoms with Crippen molar-refractivity contribution >= 4 is 40.2 Å². The van der Waals surface area contributed by atoms with E-state index in [-0.39, 0.29) is 5.78 Å². The number of carbonyl (C=O) groups excluding carboxylic acids is 1. The number of hydrogen-bond acceptors (Lipinski definition) is 4. The number of allylic oxidation sites excluding steroid dienone is 1. The second kappa shape index (κ2) is 7.91. The highest BCUT2D eigenvalue weighted by atomic mass is 35.5. The molecule has 4 rings (SSSR count). The smallest absolute Gasteiger partial charge is 0.185 e. The molecule has 1 fully saturated rings. The lowest BCUT2D eigenvalue weighted by molar-refractivity contribution is 0.104. The molecule has 1 aliphatic rings. The van der Waals surface area contributed by atoms with Crippen molar-refractivity contribution in [1.29, 1.82) is 0 Å². The van der Waals surface area contributed by atoms with E-state index in [9.17, 15) is 4.79 Å². The molecule has 0 amide bonds. The molecule has 2 aromatic carbocycles. The summed E-state index contributed by atoms with van der Waals surface area (Å²) in [5, 5.41) is 1.60.